The van der Waals surface area contributed by atoms with Crippen LogP contribution in [0.1, 0.15) is 25.0 Å². The maximum atomic E-state index is 5.51. The summed E-state index contributed by atoms with van der Waals surface area (Å²) in [4.78, 5) is 10.9. The molecule has 0 amide bonds. The summed E-state index contributed by atoms with van der Waals surface area (Å²) in [5, 5.41) is 8.49. The van der Waals surface area contributed by atoms with Crippen LogP contribution in [-0.2, 0) is 5.41 Å². The molecule has 7 aromatic carbocycles. The van der Waals surface area contributed by atoms with Gasteiger partial charge in [0.2, 0.25) is 5.95 Å². The molecular weight excluding hydrogens is 615 g/mol. The van der Waals surface area contributed by atoms with E-state index in [1.54, 1.807) is 11.3 Å². The zero-order valence-corrected chi connectivity index (χ0v) is 27.8. The highest BCUT2D eigenvalue weighted by atomic mass is 32.1. The molecule has 0 bridgehead atoms. The van der Waals surface area contributed by atoms with Gasteiger partial charge in [-0.05, 0) is 68.1 Å². The average molecular weight is 644 g/mol. The third-order valence-electron chi connectivity index (χ3n) is 10.8. The molecule has 10 aromatic rings. The van der Waals surface area contributed by atoms with Crippen LogP contribution in [0.4, 0.5) is 0 Å². The lowest BCUT2D eigenvalue weighted by Gasteiger charge is -2.21. The third kappa shape index (κ3) is 3.61. The molecule has 11 rings (SSSR count). The summed E-state index contributed by atoms with van der Waals surface area (Å²) in [6.45, 7) is 4.70. The highest BCUT2D eigenvalue weighted by Gasteiger charge is 2.36. The standard InChI is InChI=1S/C45H29N3S/c1-45(2)35-19-8-5-16-31(35)40-33-25-34-29-15-6-9-20-37(29)48(38(34)24-27(33)22-23-36(40)45)44-46-41(30-18-11-13-26-12-3-4-14-28(26)30)43-42(47-44)32-17-7-10-21-39(32)49-43/h3-25H,1-2H3. The molecule has 0 aliphatic heterocycles. The summed E-state index contributed by atoms with van der Waals surface area (Å²) in [5.41, 5.74) is 10.8. The van der Waals surface area contributed by atoms with Crippen molar-refractivity contribution in [1.29, 1.82) is 0 Å². The Hall–Kier alpha value is -5.84. The monoisotopic (exact) mass is 643 g/mol. The van der Waals surface area contributed by atoms with Gasteiger partial charge >= 0.3 is 0 Å². The minimum atomic E-state index is -0.0480. The van der Waals surface area contributed by atoms with Gasteiger partial charge in [-0.15, -0.1) is 11.3 Å². The van der Waals surface area contributed by atoms with Gasteiger partial charge in [0.15, 0.2) is 0 Å². The van der Waals surface area contributed by atoms with Crippen LogP contribution in [-0.4, -0.2) is 14.5 Å². The van der Waals surface area contributed by atoms with Gasteiger partial charge in [0.05, 0.1) is 26.9 Å². The Morgan fingerprint density at radius 2 is 1.27 bits per heavy atom. The van der Waals surface area contributed by atoms with E-state index in [1.165, 1.54) is 59.3 Å². The van der Waals surface area contributed by atoms with Gasteiger partial charge in [-0.2, -0.15) is 0 Å². The molecule has 1 aliphatic rings. The van der Waals surface area contributed by atoms with E-state index >= 15 is 0 Å². The Bertz CT molecular complexity index is 3030. The summed E-state index contributed by atoms with van der Waals surface area (Å²) in [6, 6.07) is 50.8. The Morgan fingerprint density at radius 1 is 0.531 bits per heavy atom. The molecule has 0 spiro atoms. The van der Waals surface area contributed by atoms with E-state index < -0.39 is 0 Å². The molecule has 1 aliphatic carbocycles. The molecule has 0 saturated carbocycles. The van der Waals surface area contributed by atoms with Crippen LogP contribution < -0.4 is 0 Å². The topological polar surface area (TPSA) is 30.7 Å². The minimum Gasteiger partial charge on any atom is -0.278 e. The zero-order valence-electron chi connectivity index (χ0n) is 27.0. The van der Waals surface area contributed by atoms with E-state index in [0.717, 1.165) is 37.9 Å². The van der Waals surface area contributed by atoms with E-state index in [4.69, 9.17) is 9.97 Å². The Balaban J connectivity index is 1.26. The van der Waals surface area contributed by atoms with Crippen LogP contribution in [0.2, 0.25) is 0 Å². The van der Waals surface area contributed by atoms with Gasteiger partial charge < -0.3 is 0 Å². The Morgan fingerprint density at radius 3 is 2.18 bits per heavy atom. The first kappa shape index (κ1) is 27.1. The predicted octanol–water partition coefficient (Wildman–Crippen LogP) is 12.2. The number of thiophene rings is 1. The molecule has 0 atom stereocenters. The average Bonchev–Trinajstić information content (AvgIpc) is 3.75. The van der Waals surface area contributed by atoms with E-state index in [9.17, 15) is 0 Å². The van der Waals surface area contributed by atoms with Crippen molar-refractivity contribution in [3.63, 3.8) is 0 Å². The van der Waals surface area contributed by atoms with Gasteiger partial charge in [0.25, 0.3) is 0 Å². The molecule has 49 heavy (non-hydrogen) atoms. The van der Waals surface area contributed by atoms with Crippen molar-refractivity contribution in [2.45, 2.75) is 19.3 Å². The van der Waals surface area contributed by atoms with Crippen LogP contribution in [0.5, 0.6) is 0 Å². The number of benzene rings is 7. The lowest BCUT2D eigenvalue weighted by atomic mass is 9.82. The van der Waals surface area contributed by atoms with Crippen LogP contribution >= 0.6 is 11.3 Å². The number of nitrogens with zero attached hydrogens (tertiary/aromatic N) is 3. The highest BCUT2D eigenvalue weighted by Crippen LogP contribution is 2.52. The number of fused-ring (bicyclic) bond motifs is 12. The van der Waals surface area contributed by atoms with Crippen LogP contribution in [0.25, 0.3) is 92.0 Å². The van der Waals surface area contributed by atoms with E-state index in [1.807, 2.05) is 0 Å². The highest BCUT2D eigenvalue weighted by molar-refractivity contribution is 7.26. The van der Waals surface area contributed by atoms with Crippen molar-refractivity contribution in [1.82, 2.24) is 14.5 Å². The Labute approximate surface area is 286 Å². The Kier molecular flexibility index (Phi) is 5.33. The van der Waals surface area contributed by atoms with E-state index in [0.29, 0.717) is 5.95 Å². The summed E-state index contributed by atoms with van der Waals surface area (Å²) < 4.78 is 4.62. The van der Waals surface area contributed by atoms with Gasteiger partial charge in [0, 0.05) is 31.8 Å². The second-order valence-corrected chi connectivity index (χ2v) is 14.8. The van der Waals surface area contributed by atoms with Crippen molar-refractivity contribution in [2.75, 3.05) is 0 Å². The first-order chi connectivity index (χ1) is 24.1. The molecule has 0 saturated heterocycles. The van der Waals surface area contributed by atoms with Crippen LogP contribution in [0.3, 0.4) is 0 Å². The zero-order chi connectivity index (χ0) is 32.4. The number of aromatic nitrogens is 3. The van der Waals surface area contributed by atoms with Crippen molar-refractivity contribution in [2.24, 2.45) is 0 Å². The molecule has 230 valence electrons. The predicted molar refractivity (Wildman–Crippen MR) is 207 cm³/mol. The molecule has 3 nitrogen and oxygen atoms in total. The normalized spacial score (nSPS) is 13.7. The largest absolute Gasteiger partial charge is 0.278 e. The van der Waals surface area contributed by atoms with Crippen LogP contribution in [0, 0.1) is 0 Å². The van der Waals surface area contributed by atoms with Gasteiger partial charge in [0.1, 0.15) is 0 Å². The van der Waals surface area contributed by atoms with Crippen LogP contribution in [0.15, 0.2) is 140 Å². The number of para-hydroxylation sites is 1. The summed E-state index contributed by atoms with van der Waals surface area (Å²) in [6.07, 6.45) is 0. The molecule has 0 N–H and O–H groups in total. The first-order valence-corrected chi connectivity index (χ1v) is 17.7. The fourth-order valence-corrected chi connectivity index (χ4v) is 9.64. The van der Waals surface area contributed by atoms with Crippen molar-refractivity contribution >= 4 is 75.0 Å². The van der Waals surface area contributed by atoms with Gasteiger partial charge in [-0.25, -0.2) is 9.97 Å². The molecule has 0 radical (unpaired) electrons. The lowest BCUT2D eigenvalue weighted by molar-refractivity contribution is 0.661. The third-order valence-corrected chi connectivity index (χ3v) is 12.0. The second kappa shape index (κ2) is 9.62. The summed E-state index contributed by atoms with van der Waals surface area (Å²) in [5.74, 6) is 0.692. The first-order valence-electron chi connectivity index (χ1n) is 16.8. The molecule has 0 unspecified atom stereocenters. The van der Waals surface area contributed by atoms with Crippen molar-refractivity contribution in [3.8, 4) is 28.3 Å². The lowest BCUT2D eigenvalue weighted by Crippen LogP contribution is -2.14. The second-order valence-electron chi connectivity index (χ2n) is 13.8. The van der Waals surface area contributed by atoms with E-state index in [-0.39, 0.29) is 5.41 Å². The number of hydrogen-bond acceptors (Lipinski definition) is 3. The molecule has 3 heterocycles. The smallest absolute Gasteiger partial charge is 0.235 e. The van der Waals surface area contributed by atoms with Crippen molar-refractivity contribution in [3.05, 3.63) is 151 Å². The van der Waals surface area contributed by atoms with Gasteiger partial charge in [-0.3, -0.25) is 4.57 Å². The van der Waals surface area contributed by atoms with Gasteiger partial charge in [-0.1, -0.05) is 129 Å². The summed E-state index contributed by atoms with van der Waals surface area (Å²) >= 11 is 1.78. The molecule has 0 fully saturated rings. The molecular formula is C45H29N3S. The van der Waals surface area contributed by atoms with Crippen molar-refractivity contribution < 1.29 is 0 Å². The maximum absolute atomic E-state index is 5.51. The van der Waals surface area contributed by atoms with E-state index in [2.05, 4.69) is 158 Å². The number of hydrogen-bond donors (Lipinski definition) is 0. The maximum Gasteiger partial charge on any atom is 0.235 e. The number of rotatable bonds is 2. The summed E-state index contributed by atoms with van der Waals surface area (Å²) in [7, 11) is 0. The molecule has 3 aromatic heterocycles. The molecule has 4 heteroatoms. The fourth-order valence-electron chi connectivity index (χ4n) is 8.50. The fraction of sp³-hybridized carbons (Fsp3) is 0.0667. The quantitative estimate of drug-likeness (QED) is 0.188. The SMILES string of the molecule is CC1(C)c2ccccc2-c2c1ccc1cc3c(cc21)c1ccccc1n3-c1nc(-c2cccc3ccccc23)c2sc3ccccc3c2n1. The minimum absolute atomic E-state index is 0.0480.